The van der Waals surface area contributed by atoms with Gasteiger partial charge < -0.3 is 4.74 Å². The van der Waals surface area contributed by atoms with Crippen LogP contribution in [0.4, 0.5) is 5.69 Å². The normalized spacial score (nSPS) is 9.68. The summed E-state index contributed by atoms with van der Waals surface area (Å²) in [6.45, 7) is 0. The molecule has 0 aliphatic heterocycles. The minimum absolute atomic E-state index is 0.00906. The summed E-state index contributed by atoms with van der Waals surface area (Å²) in [6.07, 6.45) is 0. The number of rotatable bonds is 3. The van der Waals surface area contributed by atoms with Gasteiger partial charge in [-0.25, -0.2) is 0 Å². The number of nitriles is 1. The fourth-order valence-electron chi connectivity index (χ4n) is 1.42. The second-order valence-electron chi connectivity index (χ2n) is 3.61. The van der Waals surface area contributed by atoms with Gasteiger partial charge in [0.25, 0.3) is 5.69 Å². The lowest BCUT2D eigenvalue weighted by molar-refractivity contribution is -0.384. The molecule has 6 heteroatoms. The molecule has 0 atom stereocenters. The van der Waals surface area contributed by atoms with Crippen LogP contribution in [0.15, 0.2) is 42.5 Å². The first-order chi connectivity index (χ1) is 9.10. The third-order valence-electron chi connectivity index (χ3n) is 2.34. The van der Waals surface area contributed by atoms with Gasteiger partial charge in [-0.3, -0.25) is 10.1 Å². The van der Waals surface area contributed by atoms with Crippen molar-refractivity contribution in [1.29, 1.82) is 5.26 Å². The summed E-state index contributed by atoms with van der Waals surface area (Å²) in [7, 11) is 0. The zero-order chi connectivity index (χ0) is 13.8. The SMILES string of the molecule is N#Cc1ccc(Oc2ccc([N+](=O)[O-])cc2)cc1Cl. The Labute approximate surface area is 113 Å². The largest absolute Gasteiger partial charge is 0.457 e. The van der Waals surface area contributed by atoms with E-state index in [4.69, 9.17) is 21.6 Å². The summed E-state index contributed by atoms with van der Waals surface area (Å²) in [4.78, 5) is 10.0. The average Bonchev–Trinajstić information content (AvgIpc) is 2.39. The number of benzene rings is 2. The fourth-order valence-corrected chi connectivity index (χ4v) is 1.63. The lowest BCUT2D eigenvalue weighted by atomic mass is 10.2. The summed E-state index contributed by atoms with van der Waals surface area (Å²) in [5.74, 6) is 0.907. The molecule has 0 heterocycles. The van der Waals surface area contributed by atoms with E-state index < -0.39 is 4.92 Å². The number of ether oxygens (including phenoxy) is 1. The number of non-ortho nitro benzene ring substituents is 1. The Kier molecular flexibility index (Phi) is 3.64. The van der Waals surface area contributed by atoms with Crippen molar-refractivity contribution in [3.8, 4) is 17.6 Å². The summed E-state index contributed by atoms with van der Waals surface area (Å²) < 4.78 is 5.48. The predicted molar refractivity (Wildman–Crippen MR) is 69.3 cm³/mol. The van der Waals surface area contributed by atoms with Crippen LogP contribution < -0.4 is 4.74 Å². The average molecular weight is 275 g/mol. The van der Waals surface area contributed by atoms with Crippen molar-refractivity contribution in [2.75, 3.05) is 0 Å². The first-order valence-corrected chi connectivity index (χ1v) is 5.60. The smallest absolute Gasteiger partial charge is 0.269 e. The van der Waals surface area contributed by atoms with E-state index in [9.17, 15) is 10.1 Å². The Morgan fingerprint density at radius 3 is 2.32 bits per heavy atom. The molecule has 0 saturated carbocycles. The second kappa shape index (κ2) is 5.38. The molecule has 0 spiro atoms. The van der Waals surface area contributed by atoms with Gasteiger partial charge in [0.1, 0.15) is 17.6 Å². The van der Waals surface area contributed by atoms with E-state index in [1.807, 2.05) is 6.07 Å². The lowest BCUT2D eigenvalue weighted by Crippen LogP contribution is -1.89. The Morgan fingerprint density at radius 2 is 1.79 bits per heavy atom. The summed E-state index contributed by atoms with van der Waals surface area (Å²) in [5.41, 5.74) is 0.350. The maximum absolute atomic E-state index is 10.5. The van der Waals surface area contributed by atoms with Crippen LogP contribution in [-0.2, 0) is 0 Å². The Balaban J connectivity index is 2.19. The molecule has 0 aliphatic rings. The first kappa shape index (κ1) is 12.9. The van der Waals surface area contributed by atoms with Gasteiger partial charge in [0.2, 0.25) is 0 Å². The third kappa shape index (κ3) is 3.00. The van der Waals surface area contributed by atoms with Crippen molar-refractivity contribution in [3.63, 3.8) is 0 Å². The van der Waals surface area contributed by atoms with E-state index in [1.165, 1.54) is 30.3 Å². The predicted octanol–water partition coefficient (Wildman–Crippen LogP) is 3.91. The van der Waals surface area contributed by atoms with Gasteiger partial charge in [-0.15, -0.1) is 0 Å². The first-order valence-electron chi connectivity index (χ1n) is 5.22. The van der Waals surface area contributed by atoms with E-state index in [0.717, 1.165) is 0 Å². The van der Waals surface area contributed by atoms with Crippen molar-refractivity contribution in [3.05, 3.63) is 63.2 Å². The van der Waals surface area contributed by atoms with Gasteiger partial charge in [0, 0.05) is 18.2 Å². The third-order valence-corrected chi connectivity index (χ3v) is 2.66. The Morgan fingerprint density at radius 1 is 1.16 bits per heavy atom. The molecule has 0 bridgehead atoms. The molecule has 0 unspecified atom stereocenters. The van der Waals surface area contributed by atoms with Crippen molar-refractivity contribution in [2.24, 2.45) is 0 Å². The van der Waals surface area contributed by atoms with Crippen molar-refractivity contribution < 1.29 is 9.66 Å². The van der Waals surface area contributed by atoms with E-state index >= 15 is 0 Å². The molecule has 0 aliphatic carbocycles. The Hall–Kier alpha value is -2.58. The van der Waals surface area contributed by atoms with Gasteiger partial charge in [-0.05, 0) is 24.3 Å². The van der Waals surface area contributed by atoms with E-state index in [1.54, 1.807) is 12.1 Å². The van der Waals surface area contributed by atoms with Crippen molar-refractivity contribution in [2.45, 2.75) is 0 Å². The van der Waals surface area contributed by atoms with Crippen LogP contribution in [0.2, 0.25) is 5.02 Å². The molecule has 19 heavy (non-hydrogen) atoms. The van der Waals surface area contributed by atoms with Gasteiger partial charge >= 0.3 is 0 Å². The molecule has 0 fully saturated rings. The van der Waals surface area contributed by atoms with E-state index in [-0.39, 0.29) is 5.69 Å². The number of halogens is 1. The monoisotopic (exact) mass is 274 g/mol. The molecule has 2 aromatic rings. The van der Waals surface area contributed by atoms with Crippen LogP contribution in [-0.4, -0.2) is 4.92 Å². The van der Waals surface area contributed by atoms with Gasteiger partial charge in [0.05, 0.1) is 15.5 Å². The molecule has 0 radical (unpaired) electrons. The zero-order valence-electron chi connectivity index (χ0n) is 9.54. The highest BCUT2D eigenvalue weighted by Gasteiger charge is 2.06. The topological polar surface area (TPSA) is 76.2 Å². The number of nitro groups is 1. The zero-order valence-corrected chi connectivity index (χ0v) is 10.3. The van der Waals surface area contributed by atoms with Crippen LogP contribution in [0.5, 0.6) is 11.5 Å². The molecular weight excluding hydrogens is 268 g/mol. The van der Waals surface area contributed by atoms with Crippen molar-refractivity contribution >= 4 is 17.3 Å². The number of nitrogens with zero attached hydrogens (tertiary/aromatic N) is 2. The molecule has 2 aromatic carbocycles. The molecule has 0 aromatic heterocycles. The Bertz CT molecular complexity index is 663. The van der Waals surface area contributed by atoms with Crippen LogP contribution in [0.3, 0.4) is 0 Å². The minimum atomic E-state index is -0.484. The molecule has 5 nitrogen and oxygen atoms in total. The summed E-state index contributed by atoms with van der Waals surface area (Å²) >= 11 is 5.87. The van der Waals surface area contributed by atoms with Gasteiger partial charge in [-0.2, -0.15) is 5.26 Å². The maximum Gasteiger partial charge on any atom is 0.269 e. The number of nitro benzene ring substituents is 1. The molecule has 0 saturated heterocycles. The minimum Gasteiger partial charge on any atom is -0.457 e. The van der Waals surface area contributed by atoms with Crippen LogP contribution in [0, 0.1) is 21.4 Å². The quantitative estimate of drug-likeness (QED) is 0.628. The molecular formula is C13H7ClN2O3. The van der Waals surface area contributed by atoms with E-state index in [2.05, 4.69) is 0 Å². The lowest BCUT2D eigenvalue weighted by Gasteiger charge is -2.06. The van der Waals surface area contributed by atoms with Crippen LogP contribution >= 0.6 is 11.6 Å². The van der Waals surface area contributed by atoms with Crippen molar-refractivity contribution in [1.82, 2.24) is 0 Å². The molecule has 94 valence electrons. The van der Waals surface area contributed by atoms with Crippen LogP contribution in [0.25, 0.3) is 0 Å². The standard InChI is InChI=1S/C13H7ClN2O3/c14-13-7-12(4-1-9(13)8-15)19-11-5-2-10(3-6-11)16(17)18/h1-7H. The fraction of sp³-hybridized carbons (Fsp3) is 0. The highest BCUT2D eigenvalue weighted by atomic mass is 35.5. The van der Waals surface area contributed by atoms with Gasteiger partial charge in [0.15, 0.2) is 0 Å². The van der Waals surface area contributed by atoms with E-state index in [0.29, 0.717) is 22.1 Å². The van der Waals surface area contributed by atoms with Gasteiger partial charge in [-0.1, -0.05) is 11.6 Å². The summed E-state index contributed by atoms with van der Waals surface area (Å²) in [5, 5.41) is 19.5. The molecule has 0 amide bonds. The maximum atomic E-state index is 10.5. The molecule has 2 rings (SSSR count). The second-order valence-corrected chi connectivity index (χ2v) is 4.01. The number of hydrogen-bond donors (Lipinski definition) is 0. The van der Waals surface area contributed by atoms with Crippen LogP contribution in [0.1, 0.15) is 5.56 Å². The summed E-state index contributed by atoms with van der Waals surface area (Å²) in [6, 6.07) is 12.3. The molecule has 0 N–H and O–H groups in total. The number of hydrogen-bond acceptors (Lipinski definition) is 4. The highest BCUT2D eigenvalue weighted by molar-refractivity contribution is 6.31. The highest BCUT2D eigenvalue weighted by Crippen LogP contribution is 2.27.